The van der Waals surface area contributed by atoms with E-state index >= 15 is 0 Å². The molecule has 2 N–H and O–H groups in total. The molecule has 0 radical (unpaired) electrons. The van der Waals surface area contributed by atoms with Crippen molar-refractivity contribution in [2.24, 2.45) is 0 Å². The van der Waals surface area contributed by atoms with Crippen LogP contribution in [0.25, 0.3) is 0 Å². The molecule has 0 bridgehead atoms. The maximum Gasteiger partial charge on any atom is 0.408 e. The molecule has 0 spiro atoms. The van der Waals surface area contributed by atoms with Crippen molar-refractivity contribution in [3.05, 3.63) is 29.8 Å². The molecule has 1 rings (SSSR count). The highest BCUT2D eigenvalue weighted by molar-refractivity contribution is 6.21. The van der Waals surface area contributed by atoms with Crippen molar-refractivity contribution in [1.82, 2.24) is 5.32 Å². The summed E-state index contributed by atoms with van der Waals surface area (Å²) in [5.41, 5.74) is 0.911. The average molecular weight is 357 g/mol. The third kappa shape index (κ3) is 7.55. The summed E-state index contributed by atoms with van der Waals surface area (Å²) in [5, 5.41) is 5.61. The van der Waals surface area contributed by atoms with Crippen LogP contribution in [0.5, 0.6) is 0 Å². The lowest BCUT2D eigenvalue weighted by molar-refractivity contribution is -0.143. The lowest BCUT2D eigenvalue weighted by atomic mass is 10.1. The highest BCUT2D eigenvalue weighted by Gasteiger charge is 2.25. The number of esters is 1. The summed E-state index contributed by atoms with van der Waals surface area (Å²) in [7, 11) is 1.28. The molecule has 1 amide bonds. The summed E-state index contributed by atoms with van der Waals surface area (Å²) in [6.07, 6.45) is -0.366. The number of hydrogen-bond donors (Lipinski definition) is 2. The lowest BCUT2D eigenvalue weighted by Crippen LogP contribution is -2.45. The Kier molecular flexibility index (Phi) is 7.35. The average Bonchev–Trinajstić information content (AvgIpc) is 2.45. The molecule has 24 heavy (non-hydrogen) atoms. The van der Waals surface area contributed by atoms with Crippen molar-refractivity contribution in [2.45, 2.75) is 51.3 Å². The number of alkyl carbamates (subject to hydrolysis) is 1. The molecule has 0 aromatic heterocycles. The van der Waals surface area contributed by atoms with Crippen molar-refractivity contribution in [1.29, 1.82) is 0 Å². The van der Waals surface area contributed by atoms with Crippen molar-refractivity contribution in [3.63, 3.8) is 0 Å². The van der Waals surface area contributed by atoms with Crippen molar-refractivity contribution in [3.8, 4) is 0 Å². The van der Waals surface area contributed by atoms with Gasteiger partial charge >= 0.3 is 12.1 Å². The van der Waals surface area contributed by atoms with E-state index in [0.29, 0.717) is 6.42 Å². The summed E-state index contributed by atoms with van der Waals surface area (Å²) in [4.78, 5) is 23.8. The van der Waals surface area contributed by atoms with E-state index in [-0.39, 0.29) is 5.50 Å². The van der Waals surface area contributed by atoms with Gasteiger partial charge in [0, 0.05) is 12.1 Å². The number of rotatable bonds is 6. The molecule has 6 nitrogen and oxygen atoms in total. The summed E-state index contributed by atoms with van der Waals surface area (Å²) >= 11 is 5.87. The SMILES string of the molecule is COC(=O)C(Cc1ccc(NC(C)Cl)cc1)NC(=O)OC(C)(C)C. The first-order valence-corrected chi connectivity index (χ1v) is 8.11. The van der Waals surface area contributed by atoms with E-state index in [9.17, 15) is 9.59 Å². The number of benzene rings is 1. The van der Waals surface area contributed by atoms with Crippen molar-refractivity contribution < 1.29 is 19.1 Å². The summed E-state index contributed by atoms with van der Waals surface area (Å²) in [6.45, 7) is 7.09. The number of amides is 1. The standard InChI is InChI=1S/C17H25ClN2O4/c1-11(18)19-13-8-6-12(7-9-13)10-14(15(21)23-5)20-16(22)24-17(2,3)4/h6-9,11,14,19H,10H2,1-5H3,(H,20,22). The van der Waals surface area contributed by atoms with Gasteiger partial charge in [-0.1, -0.05) is 23.7 Å². The zero-order valence-corrected chi connectivity index (χ0v) is 15.4. The molecule has 0 saturated carbocycles. The van der Waals surface area contributed by atoms with Crippen LogP contribution in [0, 0.1) is 0 Å². The second-order valence-corrected chi connectivity index (χ2v) is 7.04. The quantitative estimate of drug-likeness (QED) is 0.464. The van der Waals surface area contributed by atoms with Gasteiger partial charge in [-0.15, -0.1) is 0 Å². The van der Waals surface area contributed by atoms with Crippen molar-refractivity contribution >= 4 is 29.4 Å². The number of hydrogen-bond acceptors (Lipinski definition) is 5. The first kappa shape index (κ1) is 20.1. The fourth-order valence-corrected chi connectivity index (χ4v) is 2.11. The molecule has 0 aliphatic heterocycles. The van der Waals surface area contributed by atoms with Gasteiger partial charge in [-0.25, -0.2) is 9.59 Å². The minimum atomic E-state index is -0.824. The van der Waals surface area contributed by atoms with Gasteiger partial charge in [0.1, 0.15) is 11.6 Å². The van der Waals surface area contributed by atoms with Crippen LogP contribution in [0.3, 0.4) is 0 Å². The van der Waals surface area contributed by atoms with Gasteiger partial charge in [-0.3, -0.25) is 0 Å². The minimum absolute atomic E-state index is 0.187. The normalized spacial score (nSPS) is 13.6. The third-order valence-corrected chi connectivity index (χ3v) is 3.05. The van der Waals surface area contributed by atoms with Crippen LogP contribution >= 0.6 is 11.6 Å². The Morgan fingerprint density at radius 1 is 1.21 bits per heavy atom. The van der Waals surface area contributed by atoms with Crippen LogP contribution < -0.4 is 10.6 Å². The van der Waals surface area contributed by atoms with Gasteiger partial charge in [0.2, 0.25) is 0 Å². The molecule has 7 heteroatoms. The highest BCUT2D eigenvalue weighted by Crippen LogP contribution is 2.14. The zero-order chi connectivity index (χ0) is 18.3. The second-order valence-electron chi connectivity index (χ2n) is 6.38. The van der Waals surface area contributed by atoms with E-state index in [1.165, 1.54) is 7.11 Å². The molecular weight excluding hydrogens is 332 g/mol. The van der Waals surface area contributed by atoms with E-state index in [2.05, 4.69) is 10.6 Å². The topological polar surface area (TPSA) is 76.7 Å². The fourth-order valence-electron chi connectivity index (χ4n) is 1.99. The van der Waals surface area contributed by atoms with E-state index < -0.39 is 23.7 Å². The molecule has 1 aromatic rings. The van der Waals surface area contributed by atoms with E-state index in [1.807, 2.05) is 31.2 Å². The molecule has 134 valence electrons. The Hall–Kier alpha value is -1.95. The Bertz CT molecular complexity index is 553. The first-order valence-electron chi connectivity index (χ1n) is 7.67. The van der Waals surface area contributed by atoms with Crippen LogP contribution in [0.2, 0.25) is 0 Å². The number of halogens is 1. The van der Waals surface area contributed by atoms with Crippen LogP contribution in [-0.4, -0.2) is 36.3 Å². The molecule has 0 aliphatic carbocycles. The van der Waals surface area contributed by atoms with Gasteiger partial charge in [-0.05, 0) is 45.4 Å². The van der Waals surface area contributed by atoms with E-state index in [0.717, 1.165) is 11.3 Å². The second kappa shape index (κ2) is 8.78. The molecule has 0 heterocycles. The van der Waals surface area contributed by atoms with Gasteiger partial charge < -0.3 is 20.1 Å². The number of alkyl halides is 1. The maximum absolute atomic E-state index is 11.9. The Labute approximate surface area is 147 Å². The number of carbonyl (C=O) groups is 2. The number of ether oxygens (including phenoxy) is 2. The molecule has 0 aliphatic rings. The summed E-state index contributed by atoms with van der Waals surface area (Å²) in [5.74, 6) is -0.530. The van der Waals surface area contributed by atoms with Crippen LogP contribution in [0.15, 0.2) is 24.3 Å². The first-order chi connectivity index (χ1) is 11.1. The number of carbonyl (C=O) groups excluding carboxylic acids is 2. The maximum atomic E-state index is 11.9. The molecule has 0 saturated heterocycles. The Morgan fingerprint density at radius 2 is 1.79 bits per heavy atom. The monoisotopic (exact) mass is 356 g/mol. The highest BCUT2D eigenvalue weighted by atomic mass is 35.5. The van der Waals surface area contributed by atoms with Crippen LogP contribution in [0.4, 0.5) is 10.5 Å². The minimum Gasteiger partial charge on any atom is -0.467 e. The van der Waals surface area contributed by atoms with Gasteiger partial charge in [0.05, 0.1) is 12.6 Å². The van der Waals surface area contributed by atoms with Crippen LogP contribution in [0.1, 0.15) is 33.3 Å². The number of methoxy groups -OCH3 is 1. The third-order valence-electron chi connectivity index (χ3n) is 2.94. The summed E-state index contributed by atoms with van der Waals surface area (Å²) < 4.78 is 9.93. The van der Waals surface area contributed by atoms with Gasteiger partial charge in [-0.2, -0.15) is 0 Å². The predicted octanol–water partition coefficient (Wildman–Crippen LogP) is 3.29. The predicted molar refractivity (Wildman–Crippen MR) is 94.3 cm³/mol. The largest absolute Gasteiger partial charge is 0.467 e. The molecule has 1 aromatic carbocycles. The van der Waals surface area contributed by atoms with Crippen molar-refractivity contribution in [2.75, 3.05) is 12.4 Å². The molecule has 0 fully saturated rings. The van der Waals surface area contributed by atoms with E-state index in [1.54, 1.807) is 20.8 Å². The number of nitrogens with one attached hydrogen (secondary N) is 2. The Balaban J connectivity index is 2.75. The molecule has 2 unspecified atom stereocenters. The molecular formula is C17H25ClN2O4. The number of anilines is 1. The zero-order valence-electron chi connectivity index (χ0n) is 14.7. The summed E-state index contributed by atoms with van der Waals surface area (Å²) in [6, 6.07) is 6.60. The molecule has 2 atom stereocenters. The fraction of sp³-hybridized carbons (Fsp3) is 0.529. The van der Waals surface area contributed by atoms with Gasteiger partial charge in [0.15, 0.2) is 0 Å². The Morgan fingerprint density at radius 3 is 2.25 bits per heavy atom. The van der Waals surface area contributed by atoms with Crippen LogP contribution in [-0.2, 0) is 20.7 Å². The van der Waals surface area contributed by atoms with Gasteiger partial charge in [0.25, 0.3) is 0 Å². The smallest absolute Gasteiger partial charge is 0.408 e. The van der Waals surface area contributed by atoms with E-state index in [4.69, 9.17) is 21.1 Å². The lowest BCUT2D eigenvalue weighted by Gasteiger charge is -2.22.